The van der Waals surface area contributed by atoms with Crippen LogP contribution in [0.3, 0.4) is 0 Å². The van der Waals surface area contributed by atoms with Crippen LogP contribution in [0.2, 0.25) is 5.02 Å². The van der Waals surface area contributed by atoms with Crippen molar-refractivity contribution >= 4 is 21.4 Å². The lowest BCUT2D eigenvalue weighted by atomic mass is 9.83. The molecule has 2 heterocycles. The van der Waals surface area contributed by atoms with Gasteiger partial charge >= 0.3 is 0 Å². The van der Waals surface area contributed by atoms with E-state index < -0.39 is 15.3 Å². The number of sulfone groups is 1. The molecule has 5 rings (SSSR count). The summed E-state index contributed by atoms with van der Waals surface area (Å²) >= 11 is 6.67. The SMILES string of the molecule is CN1CCCC1c1cn(-c2ccc(-c3ccccc3)cc2S(C)(=O)=O)c(C(C)(C)c2ccccc2Cl)n1. The van der Waals surface area contributed by atoms with Crippen molar-refractivity contribution in [1.29, 1.82) is 0 Å². The van der Waals surface area contributed by atoms with Gasteiger partial charge in [0.25, 0.3) is 0 Å². The third-order valence-corrected chi connectivity index (χ3v) is 8.87. The number of likely N-dealkylation sites (tertiary alicyclic amines) is 1. The molecular formula is C30H32ClN3O2S. The summed E-state index contributed by atoms with van der Waals surface area (Å²) in [6.07, 6.45) is 5.41. The Balaban J connectivity index is 1.75. The summed E-state index contributed by atoms with van der Waals surface area (Å²) in [4.78, 5) is 7.77. The second-order valence-corrected chi connectivity index (χ2v) is 12.8. The molecule has 4 aromatic rings. The molecule has 0 radical (unpaired) electrons. The molecule has 0 saturated carbocycles. The Hall–Kier alpha value is -2.93. The summed E-state index contributed by atoms with van der Waals surface area (Å²) in [6, 6.07) is 23.4. The number of halogens is 1. The Morgan fingerprint density at radius 2 is 1.68 bits per heavy atom. The molecule has 1 aliphatic heterocycles. The molecule has 1 aromatic heterocycles. The zero-order chi connectivity index (χ0) is 26.4. The summed E-state index contributed by atoms with van der Waals surface area (Å²) in [5.41, 5.74) is 3.72. The quantitative estimate of drug-likeness (QED) is 0.277. The van der Waals surface area contributed by atoms with Crippen molar-refractivity contribution in [3.8, 4) is 16.8 Å². The van der Waals surface area contributed by atoms with Crippen LogP contribution in [0.25, 0.3) is 16.8 Å². The highest BCUT2D eigenvalue weighted by Gasteiger charge is 2.35. The lowest BCUT2D eigenvalue weighted by Gasteiger charge is -2.27. The van der Waals surface area contributed by atoms with E-state index in [9.17, 15) is 8.42 Å². The molecule has 5 nitrogen and oxygen atoms in total. The maximum Gasteiger partial charge on any atom is 0.177 e. The fourth-order valence-electron chi connectivity index (χ4n) is 5.38. The van der Waals surface area contributed by atoms with Crippen LogP contribution in [0.4, 0.5) is 0 Å². The predicted molar refractivity (Wildman–Crippen MR) is 150 cm³/mol. The third-order valence-electron chi connectivity index (χ3n) is 7.42. The highest BCUT2D eigenvalue weighted by molar-refractivity contribution is 7.90. The lowest BCUT2D eigenvalue weighted by Crippen LogP contribution is -2.25. The number of imidazole rings is 1. The van der Waals surface area contributed by atoms with Crippen molar-refractivity contribution < 1.29 is 8.42 Å². The van der Waals surface area contributed by atoms with Crippen molar-refractivity contribution in [1.82, 2.24) is 14.5 Å². The van der Waals surface area contributed by atoms with Gasteiger partial charge in [0.1, 0.15) is 5.82 Å². The Bertz CT molecular complexity index is 1540. The van der Waals surface area contributed by atoms with Gasteiger partial charge in [-0.25, -0.2) is 13.4 Å². The number of nitrogens with zero attached hydrogens (tertiary/aromatic N) is 3. The molecule has 1 fully saturated rings. The van der Waals surface area contributed by atoms with Gasteiger partial charge < -0.3 is 4.57 Å². The van der Waals surface area contributed by atoms with E-state index in [4.69, 9.17) is 16.6 Å². The Labute approximate surface area is 224 Å². The smallest absolute Gasteiger partial charge is 0.177 e. The second kappa shape index (κ2) is 9.75. The summed E-state index contributed by atoms with van der Waals surface area (Å²) in [6.45, 7) is 5.20. The largest absolute Gasteiger partial charge is 0.301 e. The zero-order valence-corrected chi connectivity index (χ0v) is 23.2. The average Bonchev–Trinajstić information content (AvgIpc) is 3.50. The molecule has 1 atom stereocenters. The van der Waals surface area contributed by atoms with Gasteiger partial charge in [-0.05, 0) is 75.2 Å². The first-order valence-corrected chi connectivity index (χ1v) is 14.8. The van der Waals surface area contributed by atoms with E-state index in [0.29, 0.717) is 10.7 Å². The predicted octanol–water partition coefficient (Wildman–Crippen LogP) is 6.69. The van der Waals surface area contributed by atoms with E-state index in [0.717, 1.165) is 47.6 Å². The van der Waals surface area contributed by atoms with Gasteiger partial charge in [0.2, 0.25) is 0 Å². The summed E-state index contributed by atoms with van der Waals surface area (Å²) in [5.74, 6) is 0.758. The van der Waals surface area contributed by atoms with Crippen LogP contribution in [0.15, 0.2) is 83.9 Å². The molecule has 0 aliphatic carbocycles. The van der Waals surface area contributed by atoms with Crippen molar-refractivity contribution in [3.63, 3.8) is 0 Å². The van der Waals surface area contributed by atoms with E-state index in [-0.39, 0.29) is 10.9 Å². The third kappa shape index (κ3) is 4.86. The maximum absolute atomic E-state index is 13.1. The molecule has 1 aliphatic rings. The first-order valence-electron chi connectivity index (χ1n) is 12.5. The first kappa shape index (κ1) is 25.7. The zero-order valence-electron chi connectivity index (χ0n) is 21.6. The minimum atomic E-state index is -3.55. The fraction of sp³-hybridized carbons (Fsp3) is 0.300. The fourth-order valence-corrected chi connectivity index (χ4v) is 6.64. The molecule has 0 spiro atoms. The van der Waals surface area contributed by atoms with Crippen LogP contribution >= 0.6 is 11.6 Å². The topological polar surface area (TPSA) is 55.2 Å². The lowest BCUT2D eigenvalue weighted by molar-refractivity contribution is 0.312. The van der Waals surface area contributed by atoms with Gasteiger partial charge in [0.15, 0.2) is 9.84 Å². The maximum atomic E-state index is 13.1. The Kier molecular flexibility index (Phi) is 6.77. The van der Waals surface area contributed by atoms with Gasteiger partial charge in [-0.15, -0.1) is 0 Å². The summed E-state index contributed by atoms with van der Waals surface area (Å²) < 4.78 is 28.3. The highest BCUT2D eigenvalue weighted by Crippen LogP contribution is 2.40. The number of hydrogen-bond donors (Lipinski definition) is 0. The van der Waals surface area contributed by atoms with Crippen LogP contribution in [0.5, 0.6) is 0 Å². The van der Waals surface area contributed by atoms with Crippen LogP contribution in [0.1, 0.15) is 49.8 Å². The molecule has 0 bridgehead atoms. The first-order chi connectivity index (χ1) is 17.6. The standard InChI is InChI=1S/C30H32ClN3O2S/c1-30(2,23-13-8-9-14-24(23)31)29-32-25(26-15-10-18-33(26)3)20-34(29)27-17-16-22(19-28(27)37(4,35)36)21-11-6-5-7-12-21/h5-9,11-14,16-17,19-20,26H,10,15,18H2,1-4H3. The molecule has 0 N–H and O–H groups in total. The number of rotatable bonds is 6. The van der Waals surface area contributed by atoms with Crippen molar-refractivity contribution in [2.75, 3.05) is 19.8 Å². The normalized spacial score (nSPS) is 16.8. The molecule has 3 aromatic carbocycles. The summed E-state index contributed by atoms with van der Waals surface area (Å²) in [5, 5.41) is 0.657. The average molecular weight is 534 g/mol. The molecule has 7 heteroatoms. The number of aromatic nitrogens is 2. The molecule has 37 heavy (non-hydrogen) atoms. The number of benzene rings is 3. The number of hydrogen-bond acceptors (Lipinski definition) is 4. The Morgan fingerprint density at radius 3 is 2.32 bits per heavy atom. The van der Waals surface area contributed by atoms with E-state index in [2.05, 4.69) is 25.8 Å². The second-order valence-electron chi connectivity index (χ2n) is 10.4. The molecule has 1 unspecified atom stereocenters. The summed E-state index contributed by atoms with van der Waals surface area (Å²) in [7, 11) is -1.44. The van der Waals surface area contributed by atoms with E-state index in [1.54, 1.807) is 6.07 Å². The van der Waals surface area contributed by atoms with Crippen LogP contribution < -0.4 is 0 Å². The minimum absolute atomic E-state index is 0.187. The van der Waals surface area contributed by atoms with E-state index >= 15 is 0 Å². The van der Waals surface area contributed by atoms with Gasteiger partial charge in [-0.1, -0.05) is 66.2 Å². The van der Waals surface area contributed by atoms with Crippen molar-refractivity contribution in [2.24, 2.45) is 0 Å². The molecular weight excluding hydrogens is 502 g/mol. The monoisotopic (exact) mass is 533 g/mol. The molecule has 0 amide bonds. The minimum Gasteiger partial charge on any atom is -0.301 e. The highest BCUT2D eigenvalue weighted by atomic mass is 35.5. The van der Waals surface area contributed by atoms with Gasteiger partial charge in [-0.2, -0.15) is 0 Å². The Morgan fingerprint density at radius 1 is 0.973 bits per heavy atom. The van der Waals surface area contributed by atoms with Crippen molar-refractivity contribution in [3.05, 3.63) is 101 Å². The van der Waals surface area contributed by atoms with E-state index in [1.807, 2.05) is 77.5 Å². The van der Waals surface area contributed by atoms with Gasteiger partial charge in [0, 0.05) is 22.9 Å². The van der Waals surface area contributed by atoms with Crippen LogP contribution in [0, 0.1) is 0 Å². The molecule has 1 saturated heterocycles. The van der Waals surface area contributed by atoms with Crippen LogP contribution in [-0.2, 0) is 15.3 Å². The van der Waals surface area contributed by atoms with Gasteiger partial charge in [0.05, 0.1) is 22.3 Å². The van der Waals surface area contributed by atoms with Crippen molar-refractivity contribution in [2.45, 2.75) is 43.0 Å². The van der Waals surface area contributed by atoms with Crippen LogP contribution in [-0.4, -0.2) is 42.7 Å². The van der Waals surface area contributed by atoms with E-state index in [1.165, 1.54) is 6.26 Å². The molecule has 192 valence electrons. The van der Waals surface area contributed by atoms with Gasteiger partial charge in [-0.3, -0.25) is 4.90 Å².